The van der Waals surface area contributed by atoms with Crippen molar-refractivity contribution >= 4 is 56.8 Å². The molecule has 0 amide bonds. The number of azo groups is 1. The first-order valence-corrected chi connectivity index (χ1v) is 13.8. The molecule has 0 aliphatic carbocycles. The van der Waals surface area contributed by atoms with Gasteiger partial charge in [-0.3, -0.25) is 9.98 Å². The average molecular weight is 650 g/mol. The van der Waals surface area contributed by atoms with Gasteiger partial charge in [0.25, 0.3) is 16.1 Å². The average Bonchev–Trinajstić information content (AvgIpc) is 2.99. The van der Waals surface area contributed by atoms with Gasteiger partial charge in [0.2, 0.25) is 11.7 Å². The Balaban J connectivity index is 1.78. The Kier molecular flexibility index (Phi) is 10.0. The SMILES string of the molecule is O=C(O)c1ccc(SOOO)cc1N/N=C(\N=Nc1cc(S(=O)(=O)O)cc(Nc2ncnc(F)c2F)c1O)c1ccccc1. The number of aromatic carboxylic acids is 1. The molecular weight excluding hydrogens is 632 g/mol. The summed E-state index contributed by atoms with van der Waals surface area (Å²) >= 11 is 0.550. The maximum absolute atomic E-state index is 14.1. The molecule has 0 atom stereocenters. The summed E-state index contributed by atoms with van der Waals surface area (Å²) in [6, 6.07) is 13.3. The van der Waals surface area contributed by atoms with Crippen LogP contribution in [-0.2, 0) is 19.5 Å². The van der Waals surface area contributed by atoms with Crippen LogP contribution in [0, 0.1) is 11.8 Å². The minimum absolute atomic E-state index is 0.0607. The Morgan fingerprint density at radius 1 is 1.02 bits per heavy atom. The molecule has 0 unspecified atom stereocenters. The van der Waals surface area contributed by atoms with E-state index >= 15 is 0 Å². The fourth-order valence-corrected chi connectivity index (χ4v) is 4.26. The van der Waals surface area contributed by atoms with E-state index in [0.717, 1.165) is 6.07 Å². The molecule has 3 aromatic carbocycles. The van der Waals surface area contributed by atoms with Gasteiger partial charge in [-0.05, 0) is 30.3 Å². The number of benzene rings is 3. The molecule has 0 aliphatic rings. The topological polar surface area (TPSA) is 238 Å². The number of phenols is 1. The minimum atomic E-state index is -4.92. The zero-order valence-corrected chi connectivity index (χ0v) is 23.1. The van der Waals surface area contributed by atoms with Crippen molar-refractivity contribution in [3.8, 4) is 5.75 Å². The summed E-state index contributed by atoms with van der Waals surface area (Å²) in [5, 5.41) is 46.3. The first-order valence-electron chi connectivity index (χ1n) is 11.6. The molecule has 0 saturated carbocycles. The van der Waals surface area contributed by atoms with E-state index in [4.69, 9.17) is 5.26 Å². The van der Waals surface area contributed by atoms with Gasteiger partial charge in [-0.2, -0.15) is 22.3 Å². The van der Waals surface area contributed by atoms with Crippen molar-refractivity contribution < 1.29 is 51.4 Å². The van der Waals surface area contributed by atoms with E-state index in [-0.39, 0.29) is 22.0 Å². The van der Waals surface area contributed by atoms with E-state index in [1.807, 2.05) is 0 Å². The highest BCUT2D eigenvalue weighted by Gasteiger charge is 2.20. The number of anilines is 3. The highest BCUT2D eigenvalue weighted by atomic mass is 32.2. The van der Waals surface area contributed by atoms with E-state index in [2.05, 4.69) is 45.4 Å². The molecule has 16 nitrogen and oxygen atoms in total. The van der Waals surface area contributed by atoms with Crippen molar-refractivity contribution in [2.24, 2.45) is 15.3 Å². The zero-order valence-electron chi connectivity index (χ0n) is 21.5. The number of hydrogen-bond donors (Lipinski definition) is 6. The summed E-state index contributed by atoms with van der Waals surface area (Å²) in [7, 11) is -4.92. The van der Waals surface area contributed by atoms with Crippen LogP contribution in [0.5, 0.6) is 5.75 Å². The van der Waals surface area contributed by atoms with Gasteiger partial charge >= 0.3 is 5.97 Å². The summed E-state index contributed by atoms with van der Waals surface area (Å²) < 4.78 is 65.5. The summed E-state index contributed by atoms with van der Waals surface area (Å²) in [6.45, 7) is 0. The lowest BCUT2D eigenvalue weighted by atomic mass is 10.2. The molecule has 0 aliphatic heterocycles. The van der Waals surface area contributed by atoms with Gasteiger partial charge in [-0.1, -0.05) is 35.4 Å². The lowest BCUT2D eigenvalue weighted by Crippen LogP contribution is -2.06. The second-order valence-corrected chi connectivity index (χ2v) is 10.3. The predicted molar refractivity (Wildman–Crippen MR) is 148 cm³/mol. The number of rotatable bonds is 11. The number of carboxylic acid groups (broad SMARTS) is 1. The molecule has 1 aromatic heterocycles. The number of nitrogens with one attached hydrogen (secondary N) is 2. The van der Waals surface area contributed by atoms with E-state index in [9.17, 15) is 36.8 Å². The van der Waals surface area contributed by atoms with Crippen molar-refractivity contribution in [2.45, 2.75) is 9.79 Å². The molecule has 4 rings (SSSR count). The van der Waals surface area contributed by atoms with Crippen LogP contribution in [-0.4, -0.2) is 50.2 Å². The second kappa shape index (κ2) is 13.9. The number of aromatic hydroxyl groups is 1. The Bertz CT molecular complexity index is 1860. The number of nitrogens with zero attached hydrogens (tertiary/aromatic N) is 5. The first-order chi connectivity index (χ1) is 21.0. The van der Waals surface area contributed by atoms with Crippen LogP contribution in [0.4, 0.5) is 31.7 Å². The number of hydrazone groups is 1. The molecule has 6 N–H and O–H groups in total. The highest BCUT2D eigenvalue weighted by molar-refractivity contribution is 7.94. The van der Waals surface area contributed by atoms with E-state index in [0.29, 0.717) is 30.0 Å². The maximum Gasteiger partial charge on any atom is 0.337 e. The Hall–Kier alpha value is -5.12. The normalized spacial score (nSPS) is 12.0. The van der Waals surface area contributed by atoms with E-state index in [1.165, 1.54) is 18.2 Å². The molecule has 0 bridgehead atoms. The summed E-state index contributed by atoms with van der Waals surface area (Å²) in [6.07, 6.45) is 0.665. The fraction of sp³-hybridized carbons (Fsp3) is 0. The van der Waals surface area contributed by atoms with E-state index in [1.54, 1.807) is 30.3 Å². The molecule has 4 aromatic rings. The number of amidine groups is 1. The molecule has 228 valence electrons. The first kappa shape index (κ1) is 31.8. The molecule has 0 radical (unpaired) electrons. The standard InChI is InChI=1S/C24H17F2N7O9S2/c25-19-21(26)27-11-28-23(19)29-17-9-14(44(38,39)40)10-18(20(17)34)31-33-22(12-4-2-1-3-5-12)32-30-16-8-13(43-42-41-37)6-7-15(16)24(35)36/h1-11,30,34,37H,(H,35,36)(H,27,28,29)(H,38,39,40)/b32-22-,33-31?. The van der Waals surface area contributed by atoms with Crippen molar-refractivity contribution in [1.82, 2.24) is 9.97 Å². The van der Waals surface area contributed by atoms with Crippen molar-refractivity contribution in [3.63, 3.8) is 0 Å². The number of carbonyl (C=O) groups is 1. The van der Waals surface area contributed by atoms with Gasteiger partial charge in [0.15, 0.2) is 11.6 Å². The van der Waals surface area contributed by atoms with Crippen LogP contribution in [0.1, 0.15) is 15.9 Å². The molecule has 44 heavy (non-hydrogen) atoms. The summed E-state index contributed by atoms with van der Waals surface area (Å²) in [4.78, 5) is 17.7. The van der Waals surface area contributed by atoms with Gasteiger partial charge in [-0.25, -0.2) is 20.0 Å². The zero-order chi connectivity index (χ0) is 31.9. The highest BCUT2D eigenvalue weighted by Crippen LogP contribution is 2.39. The molecule has 0 spiro atoms. The molecular formula is C24H17F2N7O9S2. The van der Waals surface area contributed by atoms with Crippen molar-refractivity contribution in [3.05, 3.63) is 89.9 Å². The van der Waals surface area contributed by atoms with Crippen LogP contribution in [0.3, 0.4) is 0 Å². The number of hydrogen-bond acceptors (Lipinski definition) is 14. The number of carboxylic acids is 1. The van der Waals surface area contributed by atoms with Crippen molar-refractivity contribution in [1.29, 1.82) is 0 Å². The second-order valence-electron chi connectivity index (χ2n) is 8.12. The lowest BCUT2D eigenvalue weighted by Gasteiger charge is -2.11. The van der Waals surface area contributed by atoms with Crippen molar-refractivity contribution in [2.75, 3.05) is 10.7 Å². The van der Waals surface area contributed by atoms with Gasteiger partial charge < -0.3 is 15.5 Å². The Morgan fingerprint density at radius 3 is 2.45 bits per heavy atom. The van der Waals surface area contributed by atoms with Crippen LogP contribution in [0.2, 0.25) is 0 Å². The minimum Gasteiger partial charge on any atom is -0.504 e. The molecule has 1 heterocycles. The molecule has 20 heteroatoms. The van der Waals surface area contributed by atoms with Gasteiger partial charge in [0.05, 0.1) is 33.9 Å². The fourth-order valence-electron chi connectivity index (χ4n) is 3.33. The third-order valence-corrected chi connectivity index (χ3v) is 6.72. The predicted octanol–water partition coefficient (Wildman–Crippen LogP) is 5.13. The number of aromatic nitrogens is 2. The quantitative estimate of drug-likeness (QED) is 0.0142. The third-order valence-electron chi connectivity index (χ3n) is 5.31. The monoisotopic (exact) mass is 649 g/mol. The van der Waals surface area contributed by atoms with Gasteiger partial charge in [0.1, 0.15) is 12.0 Å². The number of halogens is 2. The number of phenolic OH excluding ortho intramolecular Hbond substituents is 1. The van der Waals surface area contributed by atoms with Gasteiger partial charge in [0, 0.05) is 10.5 Å². The Labute approximate surface area is 249 Å². The summed E-state index contributed by atoms with van der Waals surface area (Å²) in [5.41, 5.74) is 1.42. The van der Waals surface area contributed by atoms with Crippen LogP contribution in [0.25, 0.3) is 0 Å². The lowest BCUT2D eigenvalue weighted by molar-refractivity contribution is -0.432. The van der Waals surface area contributed by atoms with Crippen LogP contribution < -0.4 is 10.7 Å². The van der Waals surface area contributed by atoms with E-state index < -0.39 is 55.7 Å². The third kappa shape index (κ3) is 7.83. The van der Waals surface area contributed by atoms with Crippen LogP contribution in [0.15, 0.2) is 92.1 Å². The maximum atomic E-state index is 14.1. The summed E-state index contributed by atoms with van der Waals surface area (Å²) in [5.74, 6) is -6.21. The largest absolute Gasteiger partial charge is 0.504 e. The smallest absolute Gasteiger partial charge is 0.337 e. The molecule has 0 saturated heterocycles. The Morgan fingerprint density at radius 2 is 1.77 bits per heavy atom. The van der Waals surface area contributed by atoms with Gasteiger partial charge in [-0.15, -0.1) is 14.6 Å². The van der Waals surface area contributed by atoms with Crippen LogP contribution >= 0.6 is 12.0 Å². The molecule has 0 fully saturated rings.